The summed E-state index contributed by atoms with van der Waals surface area (Å²) in [6.45, 7) is 0. The molecular formula is C14H15BrF2OS. The fourth-order valence-electron chi connectivity index (χ4n) is 2.25. The molecule has 1 aromatic rings. The van der Waals surface area contributed by atoms with E-state index in [-0.39, 0.29) is 22.2 Å². The quantitative estimate of drug-likeness (QED) is 0.728. The summed E-state index contributed by atoms with van der Waals surface area (Å²) in [6, 6.07) is 2.49. The Hall–Kier alpha value is -0.420. The lowest BCUT2D eigenvalue weighted by atomic mass is 10.1. The molecule has 5 heteroatoms. The normalized spacial score (nSPS) is 15.9. The molecule has 1 saturated carbocycles. The van der Waals surface area contributed by atoms with Gasteiger partial charge in [-0.15, -0.1) is 0 Å². The summed E-state index contributed by atoms with van der Waals surface area (Å²) in [5.41, 5.74) is -0.133. The van der Waals surface area contributed by atoms with E-state index in [9.17, 15) is 13.6 Å². The highest BCUT2D eigenvalue weighted by Gasteiger charge is 2.19. The maximum atomic E-state index is 13.7. The van der Waals surface area contributed by atoms with E-state index in [1.807, 2.05) is 0 Å². The van der Waals surface area contributed by atoms with Gasteiger partial charge in [-0.05, 0) is 40.9 Å². The summed E-state index contributed by atoms with van der Waals surface area (Å²) in [5.74, 6) is -1.09. The molecule has 0 spiro atoms. The summed E-state index contributed by atoms with van der Waals surface area (Å²) in [4.78, 5) is 11.8. The zero-order valence-electron chi connectivity index (χ0n) is 10.4. The maximum Gasteiger partial charge on any atom is 0.147 e. The molecule has 0 unspecified atom stereocenters. The van der Waals surface area contributed by atoms with Crippen LogP contribution in [0, 0.1) is 11.6 Å². The Labute approximate surface area is 124 Å². The highest BCUT2D eigenvalue weighted by atomic mass is 79.9. The highest BCUT2D eigenvalue weighted by molar-refractivity contribution is 9.10. The number of hydrogen-bond acceptors (Lipinski definition) is 2. The topological polar surface area (TPSA) is 17.1 Å². The second-order valence-electron chi connectivity index (χ2n) is 4.75. The van der Waals surface area contributed by atoms with Crippen molar-refractivity contribution in [1.29, 1.82) is 0 Å². The standard InChI is InChI=1S/C14H15BrF2OS/c15-12-5-6-13(16)11(14(12)17)7-9(18)8-19-10-3-1-2-4-10/h5-6,10H,1-4,7-8H2. The molecule has 19 heavy (non-hydrogen) atoms. The molecule has 0 amide bonds. The van der Waals surface area contributed by atoms with Crippen molar-refractivity contribution >= 4 is 33.5 Å². The molecular weight excluding hydrogens is 334 g/mol. The predicted octanol–water partition coefficient (Wildman–Crippen LogP) is 4.51. The lowest BCUT2D eigenvalue weighted by Gasteiger charge is -2.09. The lowest BCUT2D eigenvalue weighted by Crippen LogP contribution is -2.11. The smallest absolute Gasteiger partial charge is 0.147 e. The van der Waals surface area contributed by atoms with Crippen LogP contribution in [0.15, 0.2) is 16.6 Å². The number of carbonyl (C=O) groups excluding carboxylic acids is 1. The molecule has 0 radical (unpaired) electrons. The number of rotatable bonds is 5. The first-order chi connectivity index (χ1) is 9.08. The Morgan fingerprint density at radius 2 is 2.00 bits per heavy atom. The minimum absolute atomic E-state index is 0.118. The molecule has 0 heterocycles. The number of hydrogen-bond donors (Lipinski definition) is 0. The summed E-state index contributed by atoms with van der Waals surface area (Å²) in [7, 11) is 0. The SMILES string of the molecule is O=C(CSC1CCCC1)Cc1c(F)ccc(Br)c1F. The van der Waals surface area contributed by atoms with Crippen molar-refractivity contribution in [3.8, 4) is 0 Å². The third kappa shape index (κ3) is 4.02. The Morgan fingerprint density at radius 3 is 2.68 bits per heavy atom. The van der Waals surface area contributed by atoms with Crippen LogP contribution in [0.3, 0.4) is 0 Å². The summed E-state index contributed by atoms with van der Waals surface area (Å²) < 4.78 is 27.4. The average Bonchev–Trinajstić information content (AvgIpc) is 2.90. The van der Waals surface area contributed by atoms with Gasteiger partial charge in [0, 0.05) is 17.2 Å². The molecule has 0 bridgehead atoms. The fourth-order valence-corrected chi connectivity index (χ4v) is 3.81. The van der Waals surface area contributed by atoms with Gasteiger partial charge in [0.25, 0.3) is 0 Å². The van der Waals surface area contributed by atoms with E-state index in [0.717, 1.165) is 12.8 Å². The van der Waals surface area contributed by atoms with Crippen LogP contribution < -0.4 is 0 Å². The molecule has 1 aromatic carbocycles. The molecule has 0 atom stereocenters. The minimum Gasteiger partial charge on any atom is -0.298 e. The van der Waals surface area contributed by atoms with Crippen molar-refractivity contribution < 1.29 is 13.6 Å². The third-order valence-electron chi connectivity index (χ3n) is 3.30. The summed E-state index contributed by atoms with van der Waals surface area (Å²) in [6.07, 6.45) is 4.58. The van der Waals surface area contributed by atoms with Crippen molar-refractivity contribution in [1.82, 2.24) is 0 Å². The average molecular weight is 349 g/mol. The van der Waals surface area contributed by atoms with Crippen LogP contribution in [0.1, 0.15) is 31.2 Å². The molecule has 0 saturated heterocycles. The zero-order chi connectivity index (χ0) is 13.8. The number of ketones is 1. The summed E-state index contributed by atoms with van der Waals surface area (Å²) in [5, 5.41) is 0.543. The van der Waals surface area contributed by atoms with Gasteiger partial charge in [0.05, 0.1) is 10.2 Å². The van der Waals surface area contributed by atoms with Crippen LogP contribution >= 0.6 is 27.7 Å². The first-order valence-electron chi connectivity index (χ1n) is 6.33. The number of carbonyl (C=O) groups is 1. The molecule has 2 rings (SSSR count). The van der Waals surface area contributed by atoms with Crippen LogP contribution in [0.2, 0.25) is 0 Å². The first-order valence-corrected chi connectivity index (χ1v) is 8.18. The van der Waals surface area contributed by atoms with Gasteiger partial charge in [-0.2, -0.15) is 11.8 Å². The van der Waals surface area contributed by atoms with Gasteiger partial charge >= 0.3 is 0 Å². The third-order valence-corrected chi connectivity index (χ3v) is 5.34. The molecule has 0 aliphatic heterocycles. The van der Waals surface area contributed by atoms with E-state index >= 15 is 0 Å². The Kier molecular flexibility index (Phi) is 5.39. The number of benzene rings is 1. The zero-order valence-corrected chi connectivity index (χ0v) is 12.8. The van der Waals surface area contributed by atoms with Gasteiger partial charge in [-0.1, -0.05) is 12.8 Å². The van der Waals surface area contributed by atoms with Crippen LogP contribution in [0.25, 0.3) is 0 Å². The first kappa shape index (κ1) is 15.0. The highest BCUT2D eigenvalue weighted by Crippen LogP contribution is 2.29. The second-order valence-corrected chi connectivity index (χ2v) is 6.90. The second kappa shape index (κ2) is 6.84. The summed E-state index contributed by atoms with van der Waals surface area (Å²) >= 11 is 4.63. The van der Waals surface area contributed by atoms with Crippen molar-refractivity contribution in [2.24, 2.45) is 0 Å². The van der Waals surface area contributed by atoms with Gasteiger partial charge in [0.2, 0.25) is 0 Å². The van der Waals surface area contributed by atoms with E-state index in [4.69, 9.17) is 0 Å². The van der Waals surface area contributed by atoms with E-state index in [0.29, 0.717) is 11.0 Å². The van der Waals surface area contributed by atoms with Crippen molar-refractivity contribution in [2.45, 2.75) is 37.4 Å². The van der Waals surface area contributed by atoms with E-state index in [1.54, 1.807) is 11.8 Å². The van der Waals surface area contributed by atoms with Crippen molar-refractivity contribution in [3.05, 3.63) is 33.8 Å². The molecule has 0 aromatic heterocycles. The largest absolute Gasteiger partial charge is 0.298 e. The van der Waals surface area contributed by atoms with Gasteiger partial charge in [-0.3, -0.25) is 4.79 Å². The van der Waals surface area contributed by atoms with Crippen LogP contribution in [0.4, 0.5) is 8.78 Å². The van der Waals surface area contributed by atoms with Crippen molar-refractivity contribution in [3.63, 3.8) is 0 Å². The monoisotopic (exact) mass is 348 g/mol. The number of halogens is 3. The van der Waals surface area contributed by atoms with Gasteiger partial charge in [-0.25, -0.2) is 8.78 Å². The van der Waals surface area contributed by atoms with Crippen LogP contribution in [-0.4, -0.2) is 16.8 Å². The molecule has 0 N–H and O–H groups in total. The van der Waals surface area contributed by atoms with Gasteiger partial charge in [0.15, 0.2) is 0 Å². The van der Waals surface area contributed by atoms with Gasteiger partial charge < -0.3 is 0 Å². The molecule has 1 nitrogen and oxygen atoms in total. The molecule has 1 aliphatic rings. The van der Waals surface area contributed by atoms with E-state index in [1.165, 1.54) is 25.0 Å². The van der Waals surface area contributed by atoms with Crippen LogP contribution in [-0.2, 0) is 11.2 Å². The van der Waals surface area contributed by atoms with E-state index < -0.39 is 11.6 Å². The molecule has 1 fully saturated rings. The van der Waals surface area contributed by atoms with E-state index in [2.05, 4.69) is 15.9 Å². The Morgan fingerprint density at radius 1 is 1.32 bits per heavy atom. The maximum absolute atomic E-state index is 13.7. The van der Waals surface area contributed by atoms with Gasteiger partial charge in [0.1, 0.15) is 17.4 Å². The molecule has 1 aliphatic carbocycles. The predicted molar refractivity (Wildman–Crippen MR) is 77.5 cm³/mol. The molecule has 104 valence electrons. The number of Topliss-reactive ketones (excluding diaryl/α,β-unsaturated/α-hetero) is 1. The van der Waals surface area contributed by atoms with Crippen LogP contribution in [0.5, 0.6) is 0 Å². The minimum atomic E-state index is -0.667. The Bertz CT molecular complexity index is 473. The number of thioether (sulfide) groups is 1. The fraction of sp³-hybridized carbons (Fsp3) is 0.500. The van der Waals surface area contributed by atoms with Crippen molar-refractivity contribution in [2.75, 3.05) is 5.75 Å². The lowest BCUT2D eigenvalue weighted by molar-refractivity contribution is -0.116. The Balaban J connectivity index is 1.93.